The molecule has 5 heteroatoms. The molecule has 21 heavy (non-hydrogen) atoms. The third kappa shape index (κ3) is 3.00. The molecular weight excluding hydrogens is 326 g/mol. The lowest BCUT2D eigenvalue weighted by atomic mass is 9.86. The van der Waals surface area contributed by atoms with Gasteiger partial charge in [-0.2, -0.15) is 4.89 Å². The topological polar surface area (TPSA) is 37.3 Å². The Bertz CT molecular complexity index is 613. The number of hydrogen-bond donors (Lipinski definition) is 1. The Morgan fingerprint density at radius 1 is 1.00 bits per heavy atom. The van der Waals surface area contributed by atoms with Crippen molar-refractivity contribution in [2.24, 2.45) is 0 Å². The summed E-state index contributed by atoms with van der Waals surface area (Å²) in [6.07, 6.45) is 1.23. The first kappa shape index (κ1) is 16.5. The van der Waals surface area contributed by atoms with Crippen LogP contribution in [0.2, 0.25) is 10.0 Å². The van der Waals surface area contributed by atoms with Gasteiger partial charge in [-0.1, -0.05) is 72.9 Å². The second-order valence-electron chi connectivity index (χ2n) is 4.84. The maximum absolute atomic E-state index is 12.3. The minimum atomic E-state index is -2.56. The molecule has 0 aromatic heterocycles. The second kappa shape index (κ2) is 6.89. The van der Waals surface area contributed by atoms with E-state index in [-0.39, 0.29) is 0 Å². The number of halogens is 2. The van der Waals surface area contributed by atoms with Crippen molar-refractivity contribution in [2.45, 2.75) is 24.9 Å². The highest BCUT2D eigenvalue weighted by atomic mass is 35.5. The van der Waals surface area contributed by atoms with Crippen LogP contribution in [0.4, 0.5) is 0 Å². The largest absolute Gasteiger partial charge is 0.521 e. The summed E-state index contributed by atoms with van der Waals surface area (Å²) in [6.45, 7) is 1.97. The fourth-order valence-electron chi connectivity index (χ4n) is 2.67. The van der Waals surface area contributed by atoms with Crippen LogP contribution < -0.4 is 0 Å². The molecule has 0 fully saturated rings. The number of hydrogen-bond acceptors (Lipinski definition) is 1. The van der Waals surface area contributed by atoms with Crippen molar-refractivity contribution in [3.05, 3.63) is 69.7 Å². The third-order valence-electron chi connectivity index (χ3n) is 3.58. The van der Waals surface area contributed by atoms with Crippen LogP contribution in [0.25, 0.3) is 0 Å². The van der Waals surface area contributed by atoms with E-state index in [2.05, 4.69) is 0 Å². The molecule has 1 atom stereocenters. The highest BCUT2D eigenvalue weighted by Gasteiger charge is 2.53. The maximum atomic E-state index is 12.3. The molecule has 1 N–H and O–H groups in total. The summed E-state index contributed by atoms with van der Waals surface area (Å²) >= 11 is 12.6. The van der Waals surface area contributed by atoms with E-state index < -0.39 is 13.2 Å². The monoisotopic (exact) mass is 341 g/mol. The van der Waals surface area contributed by atoms with Gasteiger partial charge in [0.05, 0.1) is 0 Å². The van der Waals surface area contributed by atoms with Crippen molar-refractivity contribution in [1.29, 1.82) is 0 Å². The zero-order valence-corrected chi connectivity index (χ0v) is 14.0. The summed E-state index contributed by atoms with van der Waals surface area (Å²) in [5, 5.41) is -0.132. The van der Waals surface area contributed by atoms with E-state index in [1.54, 1.807) is 36.4 Å². The van der Waals surface area contributed by atoms with Gasteiger partial charge in [0.2, 0.25) is 5.16 Å². The lowest BCUT2D eigenvalue weighted by Crippen LogP contribution is -2.24. The third-order valence-corrected chi connectivity index (χ3v) is 5.59. The molecule has 110 valence electrons. The van der Waals surface area contributed by atoms with Crippen LogP contribution in [-0.2, 0) is 9.72 Å². The Kier molecular flexibility index (Phi) is 5.40. The van der Waals surface area contributed by atoms with Crippen molar-refractivity contribution < 1.29 is 9.46 Å². The van der Waals surface area contributed by atoms with E-state index in [1.165, 1.54) is 0 Å². The first-order valence-electron chi connectivity index (χ1n) is 6.70. The highest BCUT2D eigenvalue weighted by molar-refractivity contribution is 7.40. The molecule has 0 bridgehead atoms. The molecule has 2 aromatic rings. The van der Waals surface area contributed by atoms with Gasteiger partial charge >= 0.3 is 8.03 Å². The van der Waals surface area contributed by atoms with Crippen LogP contribution >= 0.6 is 31.2 Å². The molecule has 0 aliphatic heterocycles. The van der Waals surface area contributed by atoms with Crippen LogP contribution in [-0.4, -0.2) is 4.89 Å². The molecule has 0 radical (unpaired) electrons. The van der Waals surface area contributed by atoms with Gasteiger partial charge in [0.1, 0.15) is 0 Å². The van der Waals surface area contributed by atoms with E-state index in [0.29, 0.717) is 27.6 Å². The van der Waals surface area contributed by atoms with E-state index in [1.807, 2.05) is 19.1 Å². The minimum Gasteiger partial charge on any atom is -0.160 e. The molecule has 0 saturated heterocycles. The normalized spacial score (nSPS) is 12.3. The Morgan fingerprint density at radius 2 is 1.43 bits per heavy atom. The van der Waals surface area contributed by atoms with Gasteiger partial charge in [0, 0.05) is 27.6 Å². The van der Waals surface area contributed by atoms with E-state index in [4.69, 9.17) is 23.2 Å². The fraction of sp³-hybridized carbons (Fsp3) is 0.250. The molecule has 0 aliphatic rings. The second-order valence-corrected chi connectivity index (χ2v) is 6.97. The van der Waals surface area contributed by atoms with E-state index >= 15 is 0 Å². The van der Waals surface area contributed by atoms with Gasteiger partial charge in [0.15, 0.2) is 0 Å². The van der Waals surface area contributed by atoms with Gasteiger partial charge in [-0.25, -0.2) is 0 Å². The molecule has 1 unspecified atom stereocenters. The summed E-state index contributed by atoms with van der Waals surface area (Å²) in [7, 11) is -2.56. The minimum absolute atomic E-state index is 0.475. The smallest absolute Gasteiger partial charge is 0.160 e. The van der Waals surface area contributed by atoms with E-state index in [9.17, 15) is 9.46 Å². The van der Waals surface area contributed by atoms with Crippen LogP contribution in [0.15, 0.2) is 48.5 Å². The summed E-state index contributed by atoms with van der Waals surface area (Å²) in [4.78, 5) is 10.1. The zero-order valence-electron chi connectivity index (χ0n) is 11.6. The van der Waals surface area contributed by atoms with E-state index in [0.717, 1.165) is 6.42 Å². The Labute approximate surface area is 135 Å². The molecule has 2 nitrogen and oxygen atoms in total. The van der Waals surface area contributed by atoms with Gasteiger partial charge in [-0.15, -0.1) is 0 Å². The molecule has 2 rings (SSSR count). The fourth-order valence-corrected chi connectivity index (χ4v) is 4.61. The molecule has 2 aromatic carbocycles. The average Bonchev–Trinajstić information content (AvgIpc) is 2.46. The predicted molar refractivity (Wildman–Crippen MR) is 88.4 cm³/mol. The lowest BCUT2D eigenvalue weighted by molar-refractivity contribution is 0.456. The number of rotatable bonds is 5. The van der Waals surface area contributed by atoms with Crippen molar-refractivity contribution in [1.82, 2.24) is 0 Å². The Hall–Kier alpha value is -0.920. The van der Waals surface area contributed by atoms with Gasteiger partial charge < -0.3 is 0 Å². The van der Waals surface area contributed by atoms with Crippen LogP contribution in [0.3, 0.4) is 0 Å². The summed E-state index contributed by atoms with van der Waals surface area (Å²) in [6, 6.07) is 14.3. The van der Waals surface area contributed by atoms with Crippen molar-refractivity contribution in [3.8, 4) is 0 Å². The Balaban J connectivity index is 2.80. The van der Waals surface area contributed by atoms with Crippen molar-refractivity contribution >= 4 is 31.2 Å². The maximum Gasteiger partial charge on any atom is 0.521 e. The predicted octanol–water partition coefficient (Wildman–Crippen LogP) is 5.77. The first-order valence-corrected chi connectivity index (χ1v) is 8.67. The summed E-state index contributed by atoms with van der Waals surface area (Å²) < 4.78 is 12.3. The molecule has 0 aliphatic carbocycles. The first-order chi connectivity index (χ1) is 10.0. The lowest BCUT2D eigenvalue weighted by Gasteiger charge is -2.24. The van der Waals surface area contributed by atoms with Crippen molar-refractivity contribution in [3.63, 3.8) is 0 Å². The van der Waals surface area contributed by atoms with Crippen molar-refractivity contribution in [2.75, 3.05) is 0 Å². The molecule has 0 saturated carbocycles. The average molecular weight is 342 g/mol. The molecule has 0 amide bonds. The van der Waals surface area contributed by atoms with Gasteiger partial charge in [-0.05, 0) is 16.7 Å². The Morgan fingerprint density at radius 3 is 1.76 bits per heavy atom. The van der Waals surface area contributed by atoms with Crippen LogP contribution in [0.5, 0.6) is 0 Å². The number of benzene rings is 2. The standard InChI is InChI=1S/C16H15Cl2O2P/c1-2-11-16(21(19)20,12-7-3-5-9-14(12)17)13-8-4-6-10-15(13)18/h3-10H,2,11H2,1H3/p+1. The summed E-state index contributed by atoms with van der Waals surface area (Å²) in [5.74, 6) is 0. The van der Waals surface area contributed by atoms with Gasteiger partial charge in [-0.3, -0.25) is 0 Å². The highest BCUT2D eigenvalue weighted by Crippen LogP contribution is 2.56. The summed E-state index contributed by atoms with van der Waals surface area (Å²) in [5.41, 5.74) is 1.29. The molecule has 0 spiro atoms. The zero-order chi connectivity index (χ0) is 15.5. The quantitative estimate of drug-likeness (QED) is 0.700. The SMILES string of the molecule is CCCC(c1ccccc1Cl)(c1ccccc1Cl)[P+](=O)O. The van der Waals surface area contributed by atoms with Crippen LogP contribution in [0.1, 0.15) is 30.9 Å². The molecular formula is C16H16Cl2O2P+. The van der Waals surface area contributed by atoms with Crippen LogP contribution in [0, 0.1) is 0 Å². The molecule has 0 heterocycles. The van der Waals surface area contributed by atoms with Gasteiger partial charge in [0.25, 0.3) is 0 Å².